The third-order valence-electron chi connectivity index (χ3n) is 5.27. The van der Waals surface area contributed by atoms with Crippen LogP contribution in [0.2, 0.25) is 0 Å². The van der Waals surface area contributed by atoms with Gasteiger partial charge >= 0.3 is 0 Å². The highest BCUT2D eigenvalue weighted by molar-refractivity contribution is 5.89. The Balaban J connectivity index is 1.57. The van der Waals surface area contributed by atoms with E-state index in [1.54, 1.807) is 0 Å². The van der Waals surface area contributed by atoms with Gasteiger partial charge in [0, 0.05) is 48.9 Å². The van der Waals surface area contributed by atoms with Gasteiger partial charge in [0.2, 0.25) is 0 Å². The van der Waals surface area contributed by atoms with Crippen LogP contribution in [0.15, 0.2) is 36.7 Å². The number of aromatic nitrogens is 4. The van der Waals surface area contributed by atoms with Crippen LogP contribution in [0.3, 0.4) is 0 Å². The zero-order valence-electron chi connectivity index (χ0n) is 15.0. The van der Waals surface area contributed by atoms with Gasteiger partial charge in [-0.05, 0) is 32.9 Å². The molecular formula is C19H24N6. The van der Waals surface area contributed by atoms with Crippen molar-refractivity contribution in [3.63, 3.8) is 0 Å². The summed E-state index contributed by atoms with van der Waals surface area (Å²) in [7, 11) is 0. The van der Waals surface area contributed by atoms with Crippen LogP contribution in [-0.4, -0.2) is 51.2 Å². The molecule has 3 heterocycles. The lowest BCUT2D eigenvalue weighted by molar-refractivity contribution is 0.111. The third-order valence-corrected chi connectivity index (χ3v) is 5.27. The lowest BCUT2D eigenvalue weighted by atomic mass is 9.94. The minimum Gasteiger partial charge on any atom is -0.353 e. The maximum Gasteiger partial charge on any atom is 0.140 e. The molecule has 0 saturated carbocycles. The predicted molar refractivity (Wildman–Crippen MR) is 99.7 cm³/mol. The van der Waals surface area contributed by atoms with Gasteiger partial charge in [0.05, 0.1) is 11.7 Å². The van der Waals surface area contributed by atoms with E-state index in [0.717, 1.165) is 48.7 Å². The largest absolute Gasteiger partial charge is 0.353 e. The highest BCUT2D eigenvalue weighted by Crippen LogP contribution is 2.30. The van der Waals surface area contributed by atoms with Gasteiger partial charge in [0.25, 0.3) is 0 Å². The predicted octanol–water partition coefficient (Wildman–Crippen LogP) is 2.72. The average molecular weight is 336 g/mol. The van der Waals surface area contributed by atoms with Crippen molar-refractivity contribution in [2.24, 2.45) is 0 Å². The van der Waals surface area contributed by atoms with E-state index in [4.69, 9.17) is 4.98 Å². The van der Waals surface area contributed by atoms with Crippen molar-refractivity contribution in [2.45, 2.75) is 26.3 Å². The van der Waals surface area contributed by atoms with E-state index in [2.05, 4.69) is 57.0 Å². The molecule has 0 bridgehead atoms. The van der Waals surface area contributed by atoms with Crippen LogP contribution in [0.4, 0.5) is 5.82 Å². The molecule has 0 unspecified atom stereocenters. The SMILES string of the molecule is Cc1nc(N2CCN(C(C)(C)c3cn[nH]c3)CC2)c2ccccc2n1. The Kier molecular flexibility index (Phi) is 3.92. The monoisotopic (exact) mass is 336 g/mol. The Morgan fingerprint density at radius 3 is 2.52 bits per heavy atom. The number of hydrogen-bond donors (Lipinski definition) is 1. The second kappa shape index (κ2) is 6.11. The van der Waals surface area contributed by atoms with E-state index >= 15 is 0 Å². The molecule has 1 saturated heterocycles. The molecule has 1 aliphatic rings. The molecule has 0 atom stereocenters. The molecule has 6 nitrogen and oxygen atoms in total. The van der Waals surface area contributed by atoms with Gasteiger partial charge in [-0.2, -0.15) is 5.10 Å². The zero-order chi connectivity index (χ0) is 17.4. The van der Waals surface area contributed by atoms with E-state index in [1.807, 2.05) is 25.4 Å². The molecule has 4 rings (SSSR count). The van der Waals surface area contributed by atoms with Crippen molar-refractivity contribution in [3.05, 3.63) is 48.0 Å². The van der Waals surface area contributed by atoms with Crippen LogP contribution in [0.5, 0.6) is 0 Å². The number of para-hydroxylation sites is 1. The molecule has 1 N–H and O–H groups in total. The molecule has 0 aliphatic carbocycles. The molecule has 0 radical (unpaired) electrons. The first-order valence-electron chi connectivity index (χ1n) is 8.78. The maximum absolute atomic E-state index is 4.74. The van der Waals surface area contributed by atoms with Crippen LogP contribution < -0.4 is 4.90 Å². The smallest absolute Gasteiger partial charge is 0.140 e. The first-order chi connectivity index (χ1) is 12.1. The summed E-state index contributed by atoms with van der Waals surface area (Å²) in [6.45, 7) is 10.4. The Morgan fingerprint density at radius 1 is 1.04 bits per heavy atom. The summed E-state index contributed by atoms with van der Waals surface area (Å²) in [5.41, 5.74) is 2.22. The number of anilines is 1. The summed E-state index contributed by atoms with van der Waals surface area (Å²) in [6, 6.07) is 8.27. The van der Waals surface area contributed by atoms with Gasteiger partial charge < -0.3 is 4.90 Å². The zero-order valence-corrected chi connectivity index (χ0v) is 15.0. The number of rotatable bonds is 3. The summed E-state index contributed by atoms with van der Waals surface area (Å²) in [5.74, 6) is 1.89. The van der Waals surface area contributed by atoms with E-state index < -0.39 is 0 Å². The molecule has 3 aromatic rings. The van der Waals surface area contributed by atoms with Crippen LogP contribution in [-0.2, 0) is 5.54 Å². The van der Waals surface area contributed by atoms with Gasteiger partial charge in [0.1, 0.15) is 11.6 Å². The fraction of sp³-hybridized carbons (Fsp3) is 0.421. The van der Waals surface area contributed by atoms with Crippen molar-refractivity contribution in [1.29, 1.82) is 0 Å². The summed E-state index contributed by atoms with van der Waals surface area (Å²) < 4.78 is 0. The first-order valence-corrected chi connectivity index (χ1v) is 8.78. The van der Waals surface area contributed by atoms with Gasteiger partial charge in [-0.1, -0.05) is 12.1 Å². The van der Waals surface area contributed by atoms with E-state index in [9.17, 15) is 0 Å². The molecular weight excluding hydrogens is 312 g/mol. The maximum atomic E-state index is 4.74. The number of aromatic amines is 1. The van der Waals surface area contributed by atoms with Crippen molar-refractivity contribution >= 4 is 16.7 Å². The number of nitrogens with one attached hydrogen (secondary N) is 1. The minimum absolute atomic E-state index is 0.0251. The minimum atomic E-state index is -0.0251. The molecule has 1 fully saturated rings. The number of benzene rings is 1. The number of fused-ring (bicyclic) bond motifs is 1. The fourth-order valence-electron chi connectivity index (χ4n) is 3.66. The third kappa shape index (κ3) is 2.87. The lowest BCUT2D eigenvalue weighted by Crippen LogP contribution is -2.53. The molecule has 1 aromatic carbocycles. The van der Waals surface area contributed by atoms with E-state index in [0.29, 0.717) is 0 Å². The molecule has 6 heteroatoms. The van der Waals surface area contributed by atoms with Gasteiger partial charge in [0.15, 0.2) is 0 Å². The Morgan fingerprint density at radius 2 is 1.80 bits per heavy atom. The summed E-state index contributed by atoms with van der Waals surface area (Å²) in [5, 5.41) is 8.18. The number of aryl methyl sites for hydroxylation is 1. The summed E-state index contributed by atoms with van der Waals surface area (Å²) in [6.07, 6.45) is 3.92. The number of nitrogens with zero attached hydrogens (tertiary/aromatic N) is 5. The molecule has 0 spiro atoms. The standard InChI is InChI=1S/C19H24N6/c1-14-22-17-7-5-4-6-16(17)18(23-14)24-8-10-25(11-9-24)19(2,3)15-12-20-21-13-15/h4-7,12-13H,8-11H2,1-3H3,(H,20,21). The Hall–Kier alpha value is -2.47. The first kappa shape index (κ1) is 16.0. The van der Waals surface area contributed by atoms with Gasteiger partial charge in [-0.15, -0.1) is 0 Å². The van der Waals surface area contributed by atoms with Gasteiger partial charge in [-0.3, -0.25) is 10.00 Å². The van der Waals surface area contributed by atoms with Crippen LogP contribution in [0.25, 0.3) is 10.9 Å². The number of piperazine rings is 1. The summed E-state index contributed by atoms with van der Waals surface area (Å²) in [4.78, 5) is 14.2. The Bertz CT molecular complexity index is 863. The molecule has 25 heavy (non-hydrogen) atoms. The second-order valence-corrected chi connectivity index (χ2v) is 7.13. The summed E-state index contributed by atoms with van der Waals surface area (Å²) >= 11 is 0. The molecule has 2 aromatic heterocycles. The van der Waals surface area contributed by atoms with Crippen LogP contribution >= 0.6 is 0 Å². The highest BCUT2D eigenvalue weighted by atomic mass is 15.3. The van der Waals surface area contributed by atoms with Gasteiger partial charge in [-0.25, -0.2) is 9.97 Å². The number of hydrogen-bond acceptors (Lipinski definition) is 5. The normalized spacial score (nSPS) is 16.5. The Labute approximate surface area is 147 Å². The van der Waals surface area contributed by atoms with Crippen molar-refractivity contribution in [3.8, 4) is 0 Å². The number of H-pyrrole nitrogens is 1. The van der Waals surface area contributed by atoms with E-state index in [1.165, 1.54) is 5.56 Å². The van der Waals surface area contributed by atoms with Crippen molar-refractivity contribution in [2.75, 3.05) is 31.1 Å². The van der Waals surface area contributed by atoms with E-state index in [-0.39, 0.29) is 5.54 Å². The van der Waals surface area contributed by atoms with Crippen molar-refractivity contribution in [1.82, 2.24) is 25.1 Å². The molecule has 0 amide bonds. The molecule has 130 valence electrons. The fourth-order valence-corrected chi connectivity index (χ4v) is 3.66. The average Bonchev–Trinajstić information content (AvgIpc) is 3.16. The topological polar surface area (TPSA) is 60.9 Å². The molecule has 1 aliphatic heterocycles. The second-order valence-electron chi connectivity index (χ2n) is 7.13. The van der Waals surface area contributed by atoms with Crippen LogP contribution in [0.1, 0.15) is 25.2 Å². The quantitative estimate of drug-likeness (QED) is 0.797. The van der Waals surface area contributed by atoms with Crippen LogP contribution in [0, 0.1) is 6.92 Å². The lowest BCUT2D eigenvalue weighted by Gasteiger charge is -2.44. The van der Waals surface area contributed by atoms with Crippen molar-refractivity contribution < 1.29 is 0 Å². The highest BCUT2D eigenvalue weighted by Gasteiger charge is 2.32.